The molecular formula is C22H29NO4. The van der Waals surface area contributed by atoms with E-state index in [4.69, 9.17) is 19.9 Å². The number of hydrogen-bond donors (Lipinski definition) is 2. The minimum atomic E-state index is -1.19. The minimum absolute atomic E-state index is 0.348. The molecule has 1 aliphatic heterocycles. The summed E-state index contributed by atoms with van der Waals surface area (Å²) in [6.07, 6.45) is -0.882. The van der Waals surface area contributed by atoms with Gasteiger partial charge in [-0.2, -0.15) is 0 Å². The molecule has 0 saturated carbocycles. The molecule has 0 aromatic heterocycles. The predicted octanol–water partition coefficient (Wildman–Crippen LogP) is 2.66. The third-order valence-electron chi connectivity index (χ3n) is 5.17. The van der Waals surface area contributed by atoms with Crippen molar-refractivity contribution in [1.82, 2.24) is 0 Å². The highest BCUT2D eigenvalue weighted by atomic mass is 16.6. The van der Waals surface area contributed by atoms with Crippen LogP contribution in [0.2, 0.25) is 0 Å². The average molecular weight is 371 g/mol. The predicted molar refractivity (Wildman–Crippen MR) is 104 cm³/mol. The van der Waals surface area contributed by atoms with Crippen LogP contribution in [-0.4, -0.2) is 42.2 Å². The van der Waals surface area contributed by atoms with E-state index < -0.39 is 11.7 Å². The van der Waals surface area contributed by atoms with Crippen molar-refractivity contribution >= 4 is 0 Å². The van der Waals surface area contributed by atoms with E-state index in [-0.39, 0.29) is 12.2 Å². The van der Waals surface area contributed by atoms with Crippen LogP contribution in [0, 0.1) is 0 Å². The van der Waals surface area contributed by atoms with Gasteiger partial charge in [0, 0.05) is 0 Å². The summed E-state index contributed by atoms with van der Waals surface area (Å²) in [6, 6.07) is 19.9. The topological polar surface area (TPSA) is 73.9 Å². The van der Waals surface area contributed by atoms with Crippen LogP contribution in [0.1, 0.15) is 24.5 Å². The van der Waals surface area contributed by atoms with Gasteiger partial charge in [-0.25, -0.2) is 0 Å². The Hall–Kier alpha value is -1.76. The summed E-state index contributed by atoms with van der Waals surface area (Å²) in [5.74, 6) is 0. The van der Waals surface area contributed by atoms with Gasteiger partial charge in [-0.3, -0.25) is 0 Å². The van der Waals surface area contributed by atoms with Crippen LogP contribution in [0.4, 0.5) is 0 Å². The van der Waals surface area contributed by atoms with Crippen LogP contribution in [-0.2, 0) is 27.4 Å². The molecule has 2 aromatic carbocycles. The van der Waals surface area contributed by atoms with Gasteiger partial charge in [0.15, 0.2) is 0 Å². The summed E-state index contributed by atoms with van der Waals surface area (Å²) >= 11 is 0. The van der Waals surface area contributed by atoms with Gasteiger partial charge in [-0.1, -0.05) is 60.7 Å². The molecule has 5 heteroatoms. The SMILES string of the molecule is CC1OCC(OCc2ccccc2)C(OCc2ccccc2)[C@@]1(O)CCN. The van der Waals surface area contributed by atoms with Crippen molar-refractivity contribution in [3.8, 4) is 0 Å². The fraction of sp³-hybridized carbons (Fsp3) is 0.455. The highest BCUT2D eigenvalue weighted by molar-refractivity contribution is 5.15. The van der Waals surface area contributed by atoms with Gasteiger partial charge < -0.3 is 25.1 Å². The van der Waals surface area contributed by atoms with E-state index >= 15 is 0 Å². The first kappa shape index (κ1) is 20.0. The molecule has 1 aliphatic rings. The average Bonchev–Trinajstić information content (AvgIpc) is 2.70. The van der Waals surface area contributed by atoms with E-state index in [1.165, 1.54) is 0 Å². The Morgan fingerprint density at radius 3 is 2.11 bits per heavy atom. The first-order valence-corrected chi connectivity index (χ1v) is 9.48. The van der Waals surface area contributed by atoms with E-state index in [9.17, 15) is 5.11 Å². The number of ether oxygens (including phenoxy) is 3. The number of hydrogen-bond acceptors (Lipinski definition) is 5. The summed E-state index contributed by atoms with van der Waals surface area (Å²) in [5, 5.41) is 11.3. The molecule has 3 unspecified atom stereocenters. The van der Waals surface area contributed by atoms with Gasteiger partial charge >= 0.3 is 0 Å². The molecule has 0 amide bonds. The zero-order valence-electron chi connectivity index (χ0n) is 15.8. The molecule has 1 saturated heterocycles. The summed E-state index contributed by atoms with van der Waals surface area (Å²) < 4.78 is 18.1. The van der Waals surface area contributed by atoms with Crippen molar-refractivity contribution in [3.63, 3.8) is 0 Å². The molecule has 3 rings (SSSR count). The van der Waals surface area contributed by atoms with E-state index in [1.54, 1.807) is 0 Å². The molecular weight excluding hydrogens is 342 g/mol. The Morgan fingerprint density at radius 2 is 1.56 bits per heavy atom. The summed E-state index contributed by atoms with van der Waals surface area (Å²) in [4.78, 5) is 0. The van der Waals surface area contributed by atoms with Gasteiger partial charge in [0.25, 0.3) is 0 Å². The normalized spacial score (nSPS) is 28.2. The summed E-state index contributed by atoms with van der Waals surface area (Å²) in [6.45, 7) is 3.42. The summed E-state index contributed by atoms with van der Waals surface area (Å²) in [5.41, 5.74) is 6.70. The standard InChI is InChI=1S/C22H29NO4/c1-17-22(24,12-13-23)21(27-15-19-10-6-3-7-11-19)20(16-25-17)26-14-18-8-4-2-5-9-18/h2-11,17,20-21,24H,12-16,23H2,1H3/t17?,20?,21?,22-/m1/s1. The first-order valence-electron chi connectivity index (χ1n) is 9.48. The molecule has 146 valence electrons. The lowest BCUT2D eigenvalue weighted by Crippen LogP contribution is -2.64. The Morgan fingerprint density at radius 1 is 1.00 bits per heavy atom. The van der Waals surface area contributed by atoms with Crippen molar-refractivity contribution < 1.29 is 19.3 Å². The van der Waals surface area contributed by atoms with Crippen molar-refractivity contribution in [2.24, 2.45) is 5.73 Å². The minimum Gasteiger partial charge on any atom is -0.384 e. The van der Waals surface area contributed by atoms with Crippen LogP contribution >= 0.6 is 0 Å². The lowest BCUT2D eigenvalue weighted by Gasteiger charge is -2.47. The molecule has 0 aliphatic carbocycles. The Bertz CT molecular complexity index is 681. The van der Waals surface area contributed by atoms with Gasteiger partial charge in [0.2, 0.25) is 0 Å². The third-order valence-corrected chi connectivity index (χ3v) is 5.17. The monoisotopic (exact) mass is 371 g/mol. The van der Waals surface area contributed by atoms with Crippen LogP contribution < -0.4 is 5.73 Å². The van der Waals surface area contributed by atoms with Crippen LogP contribution in [0.15, 0.2) is 60.7 Å². The van der Waals surface area contributed by atoms with E-state index in [2.05, 4.69) is 0 Å². The quantitative estimate of drug-likeness (QED) is 0.746. The van der Waals surface area contributed by atoms with E-state index in [0.717, 1.165) is 11.1 Å². The van der Waals surface area contributed by atoms with Crippen LogP contribution in [0.25, 0.3) is 0 Å². The molecule has 27 heavy (non-hydrogen) atoms. The Labute approximate surface area is 161 Å². The smallest absolute Gasteiger partial charge is 0.120 e. The van der Waals surface area contributed by atoms with Gasteiger partial charge in [-0.05, 0) is 31.0 Å². The molecule has 1 heterocycles. The van der Waals surface area contributed by atoms with Crippen LogP contribution in [0.5, 0.6) is 0 Å². The lowest BCUT2D eigenvalue weighted by atomic mass is 9.82. The van der Waals surface area contributed by atoms with Crippen molar-refractivity contribution in [2.45, 2.75) is 50.5 Å². The summed E-state index contributed by atoms with van der Waals surface area (Å²) in [7, 11) is 0. The van der Waals surface area contributed by atoms with Crippen LogP contribution in [0.3, 0.4) is 0 Å². The largest absolute Gasteiger partial charge is 0.384 e. The zero-order chi connectivity index (χ0) is 19.1. The highest BCUT2D eigenvalue weighted by Gasteiger charge is 2.51. The third kappa shape index (κ3) is 4.94. The Balaban J connectivity index is 1.74. The molecule has 2 aromatic rings. The van der Waals surface area contributed by atoms with Gasteiger partial charge in [0.1, 0.15) is 17.8 Å². The Kier molecular flexibility index (Phi) is 6.99. The number of rotatable bonds is 8. The van der Waals surface area contributed by atoms with E-state index in [0.29, 0.717) is 32.8 Å². The van der Waals surface area contributed by atoms with Gasteiger partial charge in [0.05, 0.1) is 25.9 Å². The fourth-order valence-corrected chi connectivity index (χ4v) is 3.53. The zero-order valence-corrected chi connectivity index (χ0v) is 15.8. The molecule has 3 N–H and O–H groups in total. The number of benzene rings is 2. The highest BCUT2D eigenvalue weighted by Crippen LogP contribution is 2.33. The maximum atomic E-state index is 11.3. The van der Waals surface area contributed by atoms with Crippen molar-refractivity contribution in [3.05, 3.63) is 71.8 Å². The molecule has 0 spiro atoms. The maximum Gasteiger partial charge on any atom is 0.120 e. The molecule has 0 radical (unpaired) electrons. The second kappa shape index (κ2) is 9.44. The van der Waals surface area contributed by atoms with Gasteiger partial charge in [-0.15, -0.1) is 0 Å². The van der Waals surface area contributed by atoms with Crippen molar-refractivity contribution in [2.75, 3.05) is 13.2 Å². The molecule has 0 bridgehead atoms. The molecule has 4 atom stereocenters. The van der Waals surface area contributed by atoms with Crippen molar-refractivity contribution in [1.29, 1.82) is 0 Å². The molecule has 5 nitrogen and oxygen atoms in total. The second-order valence-corrected chi connectivity index (χ2v) is 7.06. The number of nitrogens with two attached hydrogens (primary N) is 1. The molecule has 1 fully saturated rings. The fourth-order valence-electron chi connectivity index (χ4n) is 3.53. The maximum absolute atomic E-state index is 11.3. The van der Waals surface area contributed by atoms with E-state index in [1.807, 2.05) is 67.6 Å². The first-order chi connectivity index (χ1) is 13.1. The second-order valence-electron chi connectivity index (χ2n) is 7.06. The number of aliphatic hydroxyl groups is 1. The lowest BCUT2D eigenvalue weighted by molar-refractivity contribution is -0.266.